The highest BCUT2D eigenvalue weighted by Gasteiger charge is 2.15. The van der Waals surface area contributed by atoms with Gasteiger partial charge in [0, 0.05) is 12.6 Å². The predicted molar refractivity (Wildman–Crippen MR) is 53.5 cm³/mol. The lowest BCUT2D eigenvalue weighted by Crippen LogP contribution is -2.40. The Kier molecular flexibility index (Phi) is 4.41. The third-order valence-corrected chi connectivity index (χ3v) is 2.38. The van der Waals surface area contributed by atoms with E-state index >= 15 is 0 Å². The van der Waals surface area contributed by atoms with E-state index in [1.165, 1.54) is 12.8 Å². The molecular weight excluding hydrogens is 178 g/mol. The van der Waals surface area contributed by atoms with Gasteiger partial charge in [0.1, 0.15) is 6.42 Å². The third-order valence-electron chi connectivity index (χ3n) is 2.38. The SMILES string of the molecule is CC(CN1CCCC1)NC(=O)CC#N. The van der Waals surface area contributed by atoms with E-state index in [0.29, 0.717) is 0 Å². The van der Waals surface area contributed by atoms with Gasteiger partial charge in [-0.25, -0.2) is 0 Å². The summed E-state index contributed by atoms with van der Waals surface area (Å²) in [5.41, 5.74) is 0. The number of nitrogens with one attached hydrogen (secondary N) is 1. The van der Waals surface area contributed by atoms with E-state index in [9.17, 15) is 4.79 Å². The fourth-order valence-electron chi connectivity index (χ4n) is 1.80. The summed E-state index contributed by atoms with van der Waals surface area (Å²) in [6.07, 6.45) is 2.49. The van der Waals surface area contributed by atoms with Crippen molar-refractivity contribution in [3.05, 3.63) is 0 Å². The lowest BCUT2D eigenvalue weighted by atomic mass is 10.3. The normalized spacial score (nSPS) is 18.9. The molecule has 14 heavy (non-hydrogen) atoms. The maximum atomic E-state index is 11.1. The zero-order chi connectivity index (χ0) is 10.4. The maximum absolute atomic E-state index is 11.1. The summed E-state index contributed by atoms with van der Waals surface area (Å²) in [5.74, 6) is -0.167. The summed E-state index contributed by atoms with van der Waals surface area (Å²) in [6.45, 7) is 5.15. The number of nitriles is 1. The van der Waals surface area contributed by atoms with Gasteiger partial charge in [0.05, 0.1) is 6.07 Å². The van der Waals surface area contributed by atoms with Gasteiger partial charge in [0.25, 0.3) is 0 Å². The first kappa shape index (κ1) is 11.0. The summed E-state index contributed by atoms with van der Waals surface area (Å²) < 4.78 is 0. The number of likely N-dealkylation sites (tertiary alicyclic amines) is 1. The first-order valence-electron chi connectivity index (χ1n) is 5.11. The Hall–Kier alpha value is -1.08. The molecule has 0 bridgehead atoms. The summed E-state index contributed by atoms with van der Waals surface area (Å²) in [5, 5.41) is 11.1. The van der Waals surface area contributed by atoms with Crippen molar-refractivity contribution in [2.45, 2.75) is 32.2 Å². The summed E-state index contributed by atoms with van der Waals surface area (Å²) in [7, 11) is 0. The minimum absolute atomic E-state index is 0.0374. The van der Waals surface area contributed by atoms with Crippen LogP contribution in [0.1, 0.15) is 26.2 Å². The molecule has 1 saturated heterocycles. The summed E-state index contributed by atoms with van der Waals surface area (Å²) >= 11 is 0. The third kappa shape index (κ3) is 3.75. The van der Waals surface area contributed by atoms with Gasteiger partial charge in [0.2, 0.25) is 5.91 Å². The molecule has 0 aromatic carbocycles. The van der Waals surface area contributed by atoms with E-state index in [1.807, 2.05) is 13.0 Å². The Morgan fingerprint density at radius 1 is 1.57 bits per heavy atom. The van der Waals surface area contributed by atoms with E-state index in [1.54, 1.807) is 0 Å². The Bertz CT molecular complexity index is 228. The fourth-order valence-corrected chi connectivity index (χ4v) is 1.80. The predicted octanol–water partition coefficient (Wildman–Crippen LogP) is 0.501. The van der Waals surface area contributed by atoms with Crippen molar-refractivity contribution >= 4 is 5.91 Å². The zero-order valence-electron chi connectivity index (χ0n) is 8.62. The van der Waals surface area contributed by atoms with Crippen LogP contribution in [-0.2, 0) is 4.79 Å². The molecule has 0 spiro atoms. The highest BCUT2D eigenvalue weighted by atomic mass is 16.1. The van der Waals surface area contributed by atoms with Crippen molar-refractivity contribution in [3.63, 3.8) is 0 Å². The number of rotatable bonds is 4. The Morgan fingerprint density at radius 3 is 2.79 bits per heavy atom. The Labute approximate surface area is 84.9 Å². The number of hydrogen-bond acceptors (Lipinski definition) is 3. The molecule has 1 fully saturated rings. The Balaban J connectivity index is 2.18. The van der Waals surface area contributed by atoms with Crippen LogP contribution in [-0.4, -0.2) is 36.5 Å². The van der Waals surface area contributed by atoms with Crippen molar-refractivity contribution in [2.75, 3.05) is 19.6 Å². The summed E-state index contributed by atoms with van der Waals surface area (Å²) in [6, 6.07) is 1.99. The van der Waals surface area contributed by atoms with Gasteiger partial charge in [-0.2, -0.15) is 5.26 Å². The van der Waals surface area contributed by atoms with E-state index in [-0.39, 0.29) is 18.4 Å². The van der Waals surface area contributed by atoms with Gasteiger partial charge >= 0.3 is 0 Å². The lowest BCUT2D eigenvalue weighted by Gasteiger charge is -2.20. The second-order valence-electron chi connectivity index (χ2n) is 3.81. The second kappa shape index (κ2) is 5.61. The van der Waals surface area contributed by atoms with Crippen molar-refractivity contribution in [2.24, 2.45) is 0 Å². The second-order valence-corrected chi connectivity index (χ2v) is 3.81. The molecule has 1 N–H and O–H groups in total. The van der Waals surface area contributed by atoms with Gasteiger partial charge in [-0.05, 0) is 32.9 Å². The zero-order valence-corrected chi connectivity index (χ0v) is 8.62. The summed E-state index contributed by atoms with van der Waals surface area (Å²) in [4.78, 5) is 13.4. The molecule has 1 rings (SSSR count). The smallest absolute Gasteiger partial charge is 0.234 e. The molecule has 4 nitrogen and oxygen atoms in total. The molecule has 78 valence electrons. The molecule has 0 saturated carbocycles. The van der Waals surface area contributed by atoms with Crippen LogP contribution in [0, 0.1) is 11.3 Å². The van der Waals surface area contributed by atoms with Crippen LogP contribution in [0.3, 0.4) is 0 Å². The number of carbonyl (C=O) groups excluding carboxylic acids is 1. The molecule has 1 unspecified atom stereocenters. The van der Waals surface area contributed by atoms with Crippen molar-refractivity contribution < 1.29 is 4.79 Å². The molecule has 1 amide bonds. The first-order valence-corrected chi connectivity index (χ1v) is 5.11. The molecule has 0 aromatic rings. The standard InChI is InChI=1S/C10H17N3O/c1-9(12-10(14)4-5-11)8-13-6-2-3-7-13/h9H,2-4,6-8H2,1H3,(H,12,14). The lowest BCUT2D eigenvalue weighted by molar-refractivity contribution is -0.120. The molecule has 1 heterocycles. The first-order chi connectivity index (χ1) is 6.72. The molecule has 0 aliphatic carbocycles. The monoisotopic (exact) mass is 195 g/mol. The van der Waals surface area contributed by atoms with E-state index in [2.05, 4.69) is 10.2 Å². The number of carbonyl (C=O) groups is 1. The van der Waals surface area contributed by atoms with Gasteiger partial charge in [-0.15, -0.1) is 0 Å². The minimum atomic E-state index is -0.167. The molecule has 1 aliphatic heterocycles. The molecule has 4 heteroatoms. The Morgan fingerprint density at radius 2 is 2.21 bits per heavy atom. The van der Waals surface area contributed by atoms with Gasteiger partial charge < -0.3 is 10.2 Å². The van der Waals surface area contributed by atoms with Crippen LogP contribution in [0.15, 0.2) is 0 Å². The van der Waals surface area contributed by atoms with Crippen LogP contribution >= 0.6 is 0 Å². The largest absolute Gasteiger partial charge is 0.351 e. The van der Waals surface area contributed by atoms with E-state index in [0.717, 1.165) is 19.6 Å². The molecule has 0 aromatic heterocycles. The van der Waals surface area contributed by atoms with Crippen molar-refractivity contribution in [1.82, 2.24) is 10.2 Å². The van der Waals surface area contributed by atoms with Gasteiger partial charge in [0.15, 0.2) is 0 Å². The average molecular weight is 195 g/mol. The average Bonchev–Trinajstić information content (AvgIpc) is 2.56. The molecule has 1 aliphatic rings. The number of amides is 1. The maximum Gasteiger partial charge on any atom is 0.234 e. The quantitative estimate of drug-likeness (QED) is 0.710. The molecule has 0 radical (unpaired) electrons. The topological polar surface area (TPSA) is 56.1 Å². The van der Waals surface area contributed by atoms with Crippen LogP contribution in [0.5, 0.6) is 0 Å². The number of nitrogens with zero attached hydrogens (tertiary/aromatic N) is 2. The van der Waals surface area contributed by atoms with Crippen LogP contribution in [0.4, 0.5) is 0 Å². The highest BCUT2D eigenvalue weighted by Crippen LogP contribution is 2.07. The van der Waals surface area contributed by atoms with Gasteiger partial charge in [-0.1, -0.05) is 0 Å². The van der Waals surface area contributed by atoms with Crippen molar-refractivity contribution in [1.29, 1.82) is 5.26 Å². The molecule has 1 atom stereocenters. The number of hydrogen-bond donors (Lipinski definition) is 1. The van der Waals surface area contributed by atoms with Gasteiger partial charge in [-0.3, -0.25) is 4.79 Å². The van der Waals surface area contributed by atoms with Crippen LogP contribution < -0.4 is 5.32 Å². The minimum Gasteiger partial charge on any atom is -0.351 e. The van der Waals surface area contributed by atoms with Crippen LogP contribution in [0.2, 0.25) is 0 Å². The van der Waals surface area contributed by atoms with Crippen molar-refractivity contribution in [3.8, 4) is 6.07 Å². The van der Waals surface area contributed by atoms with E-state index < -0.39 is 0 Å². The van der Waals surface area contributed by atoms with Crippen LogP contribution in [0.25, 0.3) is 0 Å². The van der Waals surface area contributed by atoms with E-state index in [4.69, 9.17) is 5.26 Å². The fraction of sp³-hybridized carbons (Fsp3) is 0.800. The molecular formula is C10H17N3O. The highest BCUT2D eigenvalue weighted by molar-refractivity contribution is 5.78.